The number of aliphatic hydroxyl groups is 1. The number of rotatable bonds is 3. The molecule has 1 saturated heterocycles. The van der Waals surface area contributed by atoms with E-state index in [-0.39, 0.29) is 5.56 Å². The van der Waals surface area contributed by atoms with Crippen molar-refractivity contribution in [2.75, 3.05) is 13.1 Å². The molecule has 0 radical (unpaired) electrons. The smallest absolute Gasteiger partial charge is 0.262 e. The van der Waals surface area contributed by atoms with Gasteiger partial charge < -0.3 is 10.4 Å². The second-order valence-corrected chi connectivity index (χ2v) is 7.64. The average molecular weight is 420 g/mol. The predicted octanol–water partition coefficient (Wildman–Crippen LogP) is 2.68. The van der Waals surface area contributed by atoms with Crippen LogP contribution in [0.25, 0.3) is 33.5 Å². The van der Waals surface area contributed by atoms with Crippen molar-refractivity contribution in [2.24, 2.45) is 0 Å². The molecule has 0 saturated carbocycles. The standard InChI is InChI=1S/C22H18ClN5O2/c23-15-5-3-13(4-6-15)21-27-20-16(22(30)28(21)17-11-25-12-18(17)29)7-9-26-19(20)14-2-1-8-24-10-14/h1-10,17-18,25,29H,11-12H2/t17-,18-/m1/s1. The summed E-state index contributed by atoms with van der Waals surface area (Å²) < 4.78 is 1.59. The number of pyridine rings is 2. The van der Waals surface area contributed by atoms with Crippen LogP contribution >= 0.6 is 11.6 Å². The molecule has 8 heteroatoms. The van der Waals surface area contributed by atoms with Gasteiger partial charge in [0, 0.05) is 47.8 Å². The maximum atomic E-state index is 13.6. The SMILES string of the molecule is O=c1c2ccnc(-c3cccnc3)c2nc(-c2ccc(Cl)cc2)n1[C@@H]1CNC[C@H]1O. The highest BCUT2D eigenvalue weighted by Crippen LogP contribution is 2.29. The fourth-order valence-corrected chi connectivity index (χ4v) is 3.99. The van der Waals surface area contributed by atoms with E-state index in [4.69, 9.17) is 16.6 Å². The largest absolute Gasteiger partial charge is 0.390 e. The number of fused-ring (bicyclic) bond motifs is 1. The summed E-state index contributed by atoms with van der Waals surface area (Å²) in [6.07, 6.45) is 4.29. The first-order valence-electron chi connectivity index (χ1n) is 9.60. The lowest BCUT2D eigenvalue weighted by Crippen LogP contribution is -2.33. The van der Waals surface area contributed by atoms with Crippen LogP contribution in [-0.2, 0) is 0 Å². The van der Waals surface area contributed by atoms with E-state index in [2.05, 4.69) is 15.3 Å². The molecular weight excluding hydrogens is 402 g/mol. The quantitative estimate of drug-likeness (QED) is 0.530. The Morgan fingerprint density at radius 3 is 2.60 bits per heavy atom. The van der Waals surface area contributed by atoms with Crippen LogP contribution < -0.4 is 10.9 Å². The minimum atomic E-state index is -0.687. The number of benzene rings is 1. The Bertz CT molecular complexity index is 1270. The third-order valence-corrected chi connectivity index (χ3v) is 5.59. The fourth-order valence-electron chi connectivity index (χ4n) is 3.86. The maximum Gasteiger partial charge on any atom is 0.262 e. The van der Waals surface area contributed by atoms with Gasteiger partial charge >= 0.3 is 0 Å². The van der Waals surface area contributed by atoms with E-state index < -0.39 is 12.1 Å². The molecule has 1 aromatic carbocycles. The van der Waals surface area contributed by atoms with Crippen molar-refractivity contribution in [3.05, 3.63) is 76.4 Å². The summed E-state index contributed by atoms with van der Waals surface area (Å²) in [5, 5.41) is 14.7. The minimum Gasteiger partial charge on any atom is -0.390 e. The van der Waals surface area contributed by atoms with Gasteiger partial charge in [-0.15, -0.1) is 0 Å². The van der Waals surface area contributed by atoms with Crippen LogP contribution in [0, 0.1) is 0 Å². The number of hydrogen-bond donors (Lipinski definition) is 2. The van der Waals surface area contributed by atoms with E-state index in [0.29, 0.717) is 40.5 Å². The molecule has 1 aliphatic rings. The molecule has 2 atom stereocenters. The molecule has 0 spiro atoms. The van der Waals surface area contributed by atoms with Gasteiger partial charge in [-0.2, -0.15) is 0 Å². The van der Waals surface area contributed by atoms with Crippen molar-refractivity contribution in [3.63, 3.8) is 0 Å². The van der Waals surface area contributed by atoms with Crippen LogP contribution in [-0.4, -0.2) is 43.8 Å². The van der Waals surface area contributed by atoms with Crippen LogP contribution in [0.4, 0.5) is 0 Å². The van der Waals surface area contributed by atoms with Crippen molar-refractivity contribution in [1.82, 2.24) is 24.8 Å². The molecule has 0 aliphatic carbocycles. The van der Waals surface area contributed by atoms with Gasteiger partial charge in [0.2, 0.25) is 0 Å². The first-order chi connectivity index (χ1) is 14.6. The van der Waals surface area contributed by atoms with Crippen LogP contribution in [0.5, 0.6) is 0 Å². The van der Waals surface area contributed by atoms with E-state index in [0.717, 1.165) is 11.1 Å². The lowest BCUT2D eigenvalue weighted by Gasteiger charge is -2.22. The number of β-amino-alcohol motifs (C(OH)–C–C–N with tert-alkyl or cyclic N) is 1. The topological polar surface area (TPSA) is 92.9 Å². The van der Waals surface area contributed by atoms with E-state index in [9.17, 15) is 9.90 Å². The number of halogens is 1. The molecule has 1 fully saturated rings. The lowest BCUT2D eigenvalue weighted by molar-refractivity contribution is 0.150. The zero-order chi connectivity index (χ0) is 20.7. The van der Waals surface area contributed by atoms with Gasteiger partial charge in [0.25, 0.3) is 5.56 Å². The van der Waals surface area contributed by atoms with E-state index in [1.165, 1.54) is 0 Å². The molecule has 150 valence electrons. The molecule has 0 amide bonds. The summed E-state index contributed by atoms with van der Waals surface area (Å²) in [4.78, 5) is 27.1. The van der Waals surface area contributed by atoms with Crippen LogP contribution in [0.1, 0.15) is 6.04 Å². The number of nitrogens with one attached hydrogen (secondary N) is 1. The number of aromatic nitrogens is 4. The Hall–Kier alpha value is -3.13. The van der Waals surface area contributed by atoms with Gasteiger partial charge in [0.05, 0.1) is 23.2 Å². The highest BCUT2D eigenvalue weighted by atomic mass is 35.5. The minimum absolute atomic E-state index is 0.217. The van der Waals surface area contributed by atoms with Gasteiger partial charge in [-0.05, 0) is 42.5 Å². The summed E-state index contributed by atoms with van der Waals surface area (Å²) in [6, 6.07) is 12.1. The number of nitrogens with zero attached hydrogens (tertiary/aromatic N) is 4. The monoisotopic (exact) mass is 419 g/mol. The Morgan fingerprint density at radius 1 is 1.07 bits per heavy atom. The molecule has 4 heterocycles. The summed E-state index contributed by atoms with van der Waals surface area (Å²) in [5.41, 5.74) is 2.38. The summed E-state index contributed by atoms with van der Waals surface area (Å²) in [5.74, 6) is 0.468. The van der Waals surface area contributed by atoms with Crippen molar-refractivity contribution >= 4 is 22.5 Å². The Kier molecular flexibility index (Phi) is 4.78. The maximum absolute atomic E-state index is 13.6. The van der Waals surface area contributed by atoms with Gasteiger partial charge in [0.1, 0.15) is 11.3 Å². The van der Waals surface area contributed by atoms with Crippen molar-refractivity contribution in [3.8, 4) is 22.6 Å². The zero-order valence-corrected chi connectivity index (χ0v) is 16.6. The van der Waals surface area contributed by atoms with Crippen molar-refractivity contribution in [2.45, 2.75) is 12.1 Å². The summed E-state index contributed by atoms with van der Waals surface area (Å²) in [6.45, 7) is 0.905. The van der Waals surface area contributed by atoms with Gasteiger partial charge in [-0.3, -0.25) is 19.3 Å². The number of aliphatic hydroxyl groups excluding tert-OH is 1. The molecule has 30 heavy (non-hydrogen) atoms. The Morgan fingerprint density at radius 2 is 1.90 bits per heavy atom. The molecular formula is C22H18ClN5O2. The first-order valence-corrected chi connectivity index (χ1v) is 9.97. The second-order valence-electron chi connectivity index (χ2n) is 7.21. The molecule has 7 nitrogen and oxygen atoms in total. The predicted molar refractivity (Wildman–Crippen MR) is 115 cm³/mol. The third-order valence-electron chi connectivity index (χ3n) is 5.34. The van der Waals surface area contributed by atoms with E-state index >= 15 is 0 Å². The van der Waals surface area contributed by atoms with Crippen molar-refractivity contribution < 1.29 is 5.11 Å². The zero-order valence-electron chi connectivity index (χ0n) is 15.9. The first kappa shape index (κ1) is 18.9. The highest BCUT2D eigenvalue weighted by molar-refractivity contribution is 6.30. The normalized spacial score (nSPS) is 18.7. The van der Waals surface area contributed by atoms with E-state index in [1.807, 2.05) is 24.3 Å². The van der Waals surface area contributed by atoms with E-state index in [1.54, 1.807) is 41.4 Å². The lowest BCUT2D eigenvalue weighted by atomic mass is 10.1. The fraction of sp³-hybridized carbons (Fsp3) is 0.182. The Labute approximate surface area is 177 Å². The molecule has 0 unspecified atom stereocenters. The molecule has 1 aliphatic heterocycles. The molecule has 2 N–H and O–H groups in total. The molecule has 5 rings (SSSR count). The highest BCUT2D eigenvalue weighted by Gasteiger charge is 2.31. The van der Waals surface area contributed by atoms with Gasteiger partial charge in [0.15, 0.2) is 0 Å². The molecule has 0 bridgehead atoms. The molecule has 4 aromatic rings. The summed E-state index contributed by atoms with van der Waals surface area (Å²) >= 11 is 6.06. The summed E-state index contributed by atoms with van der Waals surface area (Å²) in [7, 11) is 0. The van der Waals surface area contributed by atoms with Gasteiger partial charge in [-0.25, -0.2) is 4.98 Å². The number of hydrogen-bond acceptors (Lipinski definition) is 6. The second kappa shape index (κ2) is 7.60. The molecule has 3 aromatic heterocycles. The van der Waals surface area contributed by atoms with Crippen LogP contribution in [0.3, 0.4) is 0 Å². The van der Waals surface area contributed by atoms with Crippen LogP contribution in [0.2, 0.25) is 5.02 Å². The van der Waals surface area contributed by atoms with Crippen LogP contribution in [0.15, 0.2) is 65.8 Å². The van der Waals surface area contributed by atoms with Gasteiger partial charge in [-0.1, -0.05) is 11.6 Å². The third kappa shape index (κ3) is 3.17. The van der Waals surface area contributed by atoms with Crippen molar-refractivity contribution in [1.29, 1.82) is 0 Å². The average Bonchev–Trinajstić information content (AvgIpc) is 3.20. The Balaban J connectivity index is 1.84.